The summed E-state index contributed by atoms with van der Waals surface area (Å²) in [5.41, 5.74) is 0.293. The number of hydrogen-bond donors (Lipinski definition) is 0. The van der Waals surface area contributed by atoms with E-state index in [1.54, 1.807) is 34.6 Å². The summed E-state index contributed by atoms with van der Waals surface area (Å²) in [6.45, 7) is 1.83. The molecule has 7 heteroatoms. The lowest BCUT2D eigenvalue weighted by Crippen LogP contribution is -2.51. The van der Waals surface area contributed by atoms with E-state index in [1.165, 1.54) is 10.6 Å². The number of likely N-dealkylation sites (tertiary alicyclic amines) is 1. The van der Waals surface area contributed by atoms with E-state index in [0.29, 0.717) is 19.6 Å². The molecule has 2 aromatic heterocycles. The summed E-state index contributed by atoms with van der Waals surface area (Å²) in [6, 6.07) is 6.82. The largest absolute Gasteiger partial charge is 0.340 e. The molecule has 6 nitrogen and oxygen atoms in total. The second-order valence-electron chi connectivity index (χ2n) is 7.05. The van der Waals surface area contributed by atoms with Crippen molar-refractivity contribution in [1.82, 2.24) is 9.47 Å². The fourth-order valence-electron chi connectivity index (χ4n) is 4.04. The molecule has 1 spiro atoms. The summed E-state index contributed by atoms with van der Waals surface area (Å²) in [5, 5.41) is 3.96. The second kappa shape index (κ2) is 6.72. The number of nitrogens with zero attached hydrogens (tertiary/aromatic N) is 3. The molecule has 0 aliphatic carbocycles. The standard InChI is InChI=1S/C19H21N3O3S/c23-16-4-1-2-8-20(16)12-17(24)21-9-3-6-19(14-21)7-10-22(18(19)25)15-5-11-26-13-15/h1-2,4-5,8,11,13H,3,6-7,9-10,12,14H2. The SMILES string of the molecule is O=C(Cn1ccccc1=O)N1CCCC2(CCN(c3ccsc3)C2=O)C1. The molecule has 136 valence electrons. The average Bonchev–Trinajstić information content (AvgIpc) is 3.27. The van der Waals surface area contributed by atoms with Crippen molar-refractivity contribution in [3.05, 3.63) is 51.6 Å². The number of thiophene rings is 1. The van der Waals surface area contributed by atoms with Gasteiger partial charge in [-0.3, -0.25) is 14.4 Å². The van der Waals surface area contributed by atoms with Gasteiger partial charge in [-0.25, -0.2) is 0 Å². The minimum absolute atomic E-state index is 0.0260. The minimum atomic E-state index is -0.475. The van der Waals surface area contributed by atoms with Gasteiger partial charge in [0.2, 0.25) is 11.8 Å². The van der Waals surface area contributed by atoms with Crippen LogP contribution in [0.1, 0.15) is 19.3 Å². The Bertz CT molecular complexity index is 876. The Kier molecular flexibility index (Phi) is 4.40. The summed E-state index contributed by atoms with van der Waals surface area (Å²) >= 11 is 1.58. The zero-order valence-corrected chi connectivity index (χ0v) is 15.3. The van der Waals surface area contributed by atoms with Crippen LogP contribution in [0.3, 0.4) is 0 Å². The van der Waals surface area contributed by atoms with E-state index in [2.05, 4.69) is 0 Å². The topological polar surface area (TPSA) is 62.6 Å². The molecule has 1 unspecified atom stereocenters. The van der Waals surface area contributed by atoms with E-state index in [-0.39, 0.29) is 23.9 Å². The number of piperidine rings is 1. The molecule has 1 atom stereocenters. The summed E-state index contributed by atoms with van der Waals surface area (Å²) in [7, 11) is 0. The van der Waals surface area contributed by atoms with Gasteiger partial charge < -0.3 is 14.4 Å². The first-order chi connectivity index (χ1) is 12.6. The van der Waals surface area contributed by atoms with E-state index >= 15 is 0 Å². The van der Waals surface area contributed by atoms with Crippen molar-refractivity contribution in [2.24, 2.45) is 5.41 Å². The van der Waals surface area contributed by atoms with Crippen molar-refractivity contribution in [1.29, 1.82) is 0 Å². The van der Waals surface area contributed by atoms with Crippen LogP contribution in [0.25, 0.3) is 0 Å². The third kappa shape index (κ3) is 2.96. The Balaban J connectivity index is 1.49. The number of rotatable bonds is 3. The lowest BCUT2D eigenvalue weighted by molar-refractivity contribution is -0.139. The third-order valence-electron chi connectivity index (χ3n) is 5.46. The minimum Gasteiger partial charge on any atom is -0.340 e. The molecule has 2 aliphatic rings. The summed E-state index contributed by atoms with van der Waals surface area (Å²) in [5.74, 6) is 0.0319. The van der Waals surface area contributed by atoms with Crippen LogP contribution in [0.15, 0.2) is 46.0 Å². The molecule has 26 heavy (non-hydrogen) atoms. The van der Waals surface area contributed by atoms with E-state index in [9.17, 15) is 14.4 Å². The molecule has 4 heterocycles. The highest BCUT2D eigenvalue weighted by molar-refractivity contribution is 7.08. The van der Waals surface area contributed by atoms with E-state index in [0.717, 1.165) is 24.9 Å². The highest BCUT2D eigenvalue weighted by Gasteiger charge is 2.50. The molecular weight excluding hydrogens is 350 g/mol. The van der Waals surface area contributed by atoms with Gasteiger partial charge in [-0.2, -0.15) is 11.3 Å². The van der Waals surface area contributed by atoms with Crippen LogP contribution in [0.4, 0.5) is 5.69 Å². The predicted octanol–water partition coefficient (Wildman–Crippen LogP) is 1.96. The van der Waals surface area contributed by atoms with Gasteiger partial charge in [0.25, 0.3) is 5.56 Å². The second-order valence-corrected chi connectivity index (χ2v) is 7.83. The van der Waals surface area contributed by atoms with Crippen LogP contribution < -0.4 is 10.5 Å². The lowest BCUT2D eigenvalue weighted by Gasteiger charge is -2.39. The van der Waals surface area contributed by atoms with Gasteiger partial charge in [0.1, 0.15) is 6.54 Å². The molecule has 0 bridgehead atoms. The first-order valence-corrected chi connectivity index (χ1v) is 9.81. The van der Waals surface area contributed by atoms with Crippen molar-refractivity contribution in [3.8, 4) is 0 Å². The first kappa shape index (κ1) is 17.0. The number of aromatic nitrogens is 1. The molecule has 2 aromatic rings. The fraction of sp³-hybridized carbons (Fsp3) is 0.421. The molecule has 2 amide bonds. The number of carbonyl (C=O) groups is 2. The Morgan fingerprint density at radius 2 is 2.04 bits per heavy atom. The maximum absolute atomic E-state index is 13.1. The number of anilines is 1. The molecular formula is C19H21N3O3S. The van der Waals surface area contributed by atoms with Crippen molar-refractivity contribution in [3.63, 3.8) is 0 Å². The van der Waals surface area contributed by atoms with Crippen LogP contribution in [0.5, 0.6) is 0 Å². The molecule has 0 aromatic carbocycles. The summed E-state index contributed by atoms with van der Waals surface area (Å²) in [4.78, 5) is 41.3. The highest BCUT2D eigenvalue weighted by atomic mass is 32.1. The molecule has 0 radical (unpaired) electrons. The van der Waals surface area contributed by atoms with Gasteiger partial charge in [-0.15, -0.1) is 0 Å². The predicted molar refractivity (Wildman–Crippen MR) is 100 cm³/mol. The van der Waals surface area contributed by atoms with Crippen LogP contribution in [-0.2, 0) is 16.1 Å². The molecule has 4 rings (SSSR count). The maximum atomic E-state index is 13.1. The Morgan fingerprint density at radius 3 is 2.81 bits per heavy atom. The zero-order chi connectivity index (χ0) is 18.1. The zero-order valence-electron chi connectivity index (χ0n) is 14.5. The van der Waals surface area contributed by atoms with Crippen molar-refractivity contribution in [2.45, 2.75) is 25.8 Å². The monoisotopic (exact) mass is 371 g/mol. The normalized spacial score (nSPS) is 23.0. The van der Waals surface area contributed by atoms with Gasteiger partial charge >= 0.3 is 0 Å². The van der Waals surface area contributed by atoms with Crippen LogP contribution in [-0.4, -0.2) is 40.9 Å². The van der Waals surface area contributed by atoms with Gasteiger partial charge in [0, 0.05) is 37.3 Å². The van der Waals surface area contributed by atoms with Crippen LogP contribution in [0, 0.1) is 5.41 Å². The van der Waals surface area contributed by atoms with Crippen LogP contribution >= 0.6 is 11.3 Å². The molecule has 2 fully saturated rings. The Labute approximate surface area is 155 Å². The van der Waals surface area contributed by atoms with Crippen molar-refractivity contribution >= 4 is 28.8 Å². The van der Waals surface area contributed by atoms with Gasteiger partial charge in [0.15, 0.2) is 0 Å². The lowest BCUT2D eigenvalue weighted by atomic mass is 9.78. The quantitative estimate of drug-likeness (QED) is 0.829. The number of pyridine rings is 1. The smallest absolute Gasteiger partial charge is 0.250 e. The van der Waals surface area contributed by atoms with E-state index in [4.69, 9.17) is 0 Å². The van der Waals surface area contributed by atoms with Crippen LogP contribution in [0.2, 0.25) is 0 Å². The molecule has 2 aliphatic heterocycles. The van der Waals surface area contributed by atoms with Gasteiger partial charge in [-0.1, -0.05) is 6.07 Å². The summed E-state index contributed by atoms with van der Waals surface area (Å²) < 4.78 is 1.41. The maximum Gasteiger partial charge on any atom is 0.250 e. The van der Waals surface area contributed by atoms with Gasteiger partial charge in [0.05, 0.1) is 11.1 Å². The molecule has 0 saturated carbocycles. The number of hydrogen-bond acceptors (Lipinski definition) is 4. The van der Waals surface area contributed by atoms with Gasteiger partial charge in [-0.05, 0) is 36.8 Å². The van der Waals surface area contributed by atoms with E-state index in [1.807, 2.05) is 21.7 Å². The molecule has 0 N–H and O–H groups in total. The first-order valence-electron chi connectivity index (χ1n) is 8.86. The Hall–Kier alpha value is -2.41. The number of amides is 2. The molecule has 2 saturated heterocycles. The summed E-state index contributed by atoms with van der Waals surface area (Å²) in [6.07, 6.45) is 4.04. The average molecular weight is 371 g/mol. The third-order valence-corrected chi connectivity index (χ3v) is 6.14. The number of carbonyl (C=O) groups excluding carboxylic acids is 2. The highest BCUT2D eigenvalue weighted by Crippen LogP contribution is 2.42. The fourth-order valence-corrected chi connectivity index (χ4v) is 4.68. The van der Waals surface area contributed by atoms with Crippen molar-refractivity contribution in [2.75, 3.05) is 24.5 Å². The van der Waals surface area contributed by atoms with E-state index < -0.39 is 5.41 Å². The van der Waals surface area contributed by atoms with Crippen molar-refractivity contribution < 1.29 is 9.59 Å². The Morgan fingerprint density at radius 1 is 1.15 bits per heavy atom.